The highest BCUT2D eigenvalue weighted by Gasteiger charge is 2.46. The molecular formula is C25H21F3N4O6S. The van der Waals surface area contributed by atoms with Gasteiger partial charge in [0, 0.05) is 25.0 Å². The highest BCUT2D eigenvalue weighted by molar-refractivity contribution is 7.92. The quantitative estimate of drug-likeness (QED) is 0.354. The number of rotatable bonds is 7. The normalized spacial score (nSPS) is 12.6. The number of ether oxygens (including phenoxy) is 1. The maximum absolute atomic E-state index is 13.5. The highest BCUT2D eigenvalue weighted by atomic mass is 32.2. The SMILES string of the molecule is CNC(=O)C(c1ccncc1-c1ccc(OC)cc1)n1cc(O)n(-c2ccc(S(=O)(=O)C(F)(F)F)cc2)c1=O. The van der Waals surface area contributed by atoms with E-state index in [0.717, 1.165) is 27.5 Å². The molecule has 0 radical (unpaired) electrons. The Balaban J connectivity index is 1.83. The van der Waals surface area contributed by atoms with Gasteiger partial charge in [0.25, 0.3) is 9.84 Å². The Kier molecular flexibility index (Phi) is 7.24. The van der Waals surface area contributed by atoms with E-state index in [-0.39, 0.29) is 5.69 Å². The first-order valence-electron chi connectivity index (χ1n) is 11.1. The maximum atomic E-state index is 13.5. The highest BCUT2D eigenvalue weighted by Crippen LogP contribution is 2.33. The minimum Gasteiger partial charge on any atom is -0.497 e. The number of carbonyl (C=O) groups is 1. The van der Waals surface area contributed by atoms with Gasteiger partial charge < -0.3 is 15.2 Å². The van der Waals surface area contributed by atoms with Crippen LogP contribution in [-0.4, -0.2) is 53.2 Å². The van der Waals surface area contributed by atoms with Crippen LogP contribution in [0.15, 0.2) is 82.9 Å². The number of sulfone groups is 1. The van der Waals surface area contributed by atoms with Crippen molar-refractivity contribution < 1.29 is 36.2 Å². The minimum atomic E-state index is -5.61. The number of halogens is 3. The summed E-state index contributed by atoms with van der Waals surface area (Å²) in [5, 5.41) is 13.1. The van der Waals surface area contributed by atoms with Crippen molar-refractivity contribution in [2.24, 2.45) is 0 Å². The van der Waals surface area contributed by atoms with Gasteiger partial charge in [-0.1, -0.05) is 12.1 Å². The molecule has 0 fully saturated rings. The molecular weight excluding hydrogens is 541 g/mol. The lowest BCUT2D eigenvalue weighted by Crippen LogP contribution is -2.36. The van der Waals surface area contributed by atoms with Crippen LogP contribution in [0, 0.1) is 0 Å². The summed E-state index contributed by atoms with van der Waals surface area (Å²) < 4.78 is 68.9. The lowest BCUT2D eigenvalue weighted by atomic mass is 9.96. The minimum absolute atomic E-state index is 0.127. The summed E-state index contributed by atoms with van der Waals surface area (Å²) >= 11 is 0. The first-order chi connectivity index (χ1) is 18.4. The smallest absolute Gasteiger partial charge is 0.497 e. The number of aromatic hydroxyl groups is 1. The Labute approximate surface area is 219 Å². The van der Waals surface area contributed by atoms with Gasteiger partial charge in [0.2, 0.25) is 11.8 Å². The van der Waals surface area contributed by atoms with E-state index < -0.39 is 43.8 Å². The van der Waals surface area contributed by atoms with Crippen LogP contribution in [0.3, 0.4) is 0 Å². The Morgan fingerprint density at radius 3 is 2.28 bits per heavy atom. The molecule has 0 saturated heterocycles. The molecule has 0 aliphatic rings. The van der Waals surface area contributed by atoms with Crippen molar-refractivity contribution in [2.45, 2.75) is 16.4 Å². The number of nitrogens with zero attached hydrogens (tertiary/aromatic N) is 3. The lowest BCUT2D eigenvalue weighted by Gasteiger charge is -2.20. The Morgan fingerprint density at radius 1 is 1.08 bits per heavy atom. The fourth-order valence-corrected chi connectivity index (χ4v) is 4.76. The van der Waals surface area contributed by atoms with E-state index in [9.17, 15) is 36.3 Å². The molecule has 10 nitrogen and oxygen atoms in total. The monoisotopic (exact) mass is 562 g/mol. The summed E-state index contributed by atoms with van der Waals surface area (Å²) in [6.45, 7) is 0. The average Bonchev–Trinajstić information content (AvgIpc) is 3.21. The Bertz CT molecular complexity index is 1680. The molecule has 0 aliphatic heterocycles. The molecule has 0 spiro atoms. The predicted octanol–water partition coefficient (Wildman–Crippen LogP) is 3.04. The molecule has 0 saturated carbocycles. The summed E-state index contributed by atoms with van der Waals surface area (Å²) in [5.74, 6) is -0.651. The van der Waals surface area contributed by atoms with E-state index in [0.29, 0.717) is 34.6 Å². The lowest BCUT2D eigenvalue weighted by molar-refractivity contribution is -0.122. The van der Waals surface area contributed by atoms with Crippen molar-refractivity contribution in [3.05, 3.63) is 89.2 Å². The van der Waals surface area contributed by atoms with E-state index in [2.05, 4.69) is 10.3 Å². The number of alkyl halides is 3. The number of amides is 1. The van der Waals surface area contributed by atoms with Gasteiger partial charge in [0.1, 0.15) is 11.8 Å². The number of benzene rings is 2. The first kappa shape index (κ1) is 27.4. The van der Waals surface area contributed by atoms with E-state index in [1.54, 1.807) is 24.3 Å². The summed E-state index contributed by atoms with van der Waals surface area (Å²) in [5.41, 5.74) is -5.02. The van der Waals surface area contributed by atoms with Crippen molar-refractivity contribution in [2.75, 3.05) is 14.2 Å². The summed E-state index contributed by atoms with van der Waals surface area (Å²) in [7, 11) is -2.73. The number of imidazole rings is 1. The predicted molar refractivity (Wildman–Crippen MR) is 133 cm³/mol. The van der Waals surface area contributed by atoms with Gasteiger partial charge >= 0.3 is 11.2 Å². The van der Waals surface area contributed by atoms with E-state index in [4.69, 9.17) is 4.74 Å². The third kappa shape index (κ3) is 4.97. The molecule has 1 atom stereocenters. The van der Waals surface area contributed by atoms with Crippen LogP contribution in [-0.2, 0) is 14.6 Å². The first-order valence-corrected chi connectivity index (χ1v) is 12.6. The number of hydrogen-bond donors (Lipinski definition) is 2. The zero-order valence-corrected chi connectivity index (χ0v) is 21.2. The molecule has 4 aromatic rings. The number of methoxy groups -OCH3 is 1. The van der Waals surface area contributed by atoms with Crippen LogP contribution < -0.4 is 15.7 Å². The van der Waals surface area contributed by atoms with Crippen molar-refractivity contribution in [3.8, 4) is 28.4 Å². The molecule has 2 aromatic carbocycles. The third-order valence-electron chi connectivity index (χ3n) is 5.93. The van der Waals surface area contributed by atoms with Gasteiger partial charge in [-0.15, -0.1) is 0 Å². The molecule has 2 N–H and O–H groups in total. The van der Waals surface area contributed by atoms with Gasteiger partial charge in [0.05, 0.1) is 23.9 Å². The number of likely N-dealkylation sites (N-methyl/N-ethyl adjacent to an activating group) is 1. The van der Waals surface area contributed by atoms with Crippen molar-refractivity contribution >= 4 is 15.7 Å². The molecule has 2 aromatic heterocycles. The summed E-state index contributed by atoms with van der Waals surface area (Å²) in [6.07, 6.45) is 3.94. The molecule has 4 rings (SSSR count). The second kappa shape index (κ2) is 10.3. The van der Waals surface area contributed by atoms with Crippen LogP contribution in [0.1, 0.15) is 11.6 Å². The number of hydrogen-bond acceptors (Lipinski definition) is 7. The van der Waals surface area contributed by atoms with Gasteiger partial charge in [-0.25, -0.2) is 17.8 Å². The van der Waals surface area contributed by atoms with Crippen LogP contribution in [0.4, 0.5) is 13.2 Å². The van der Waals surface area contributed by atoms with E-state index >= 15 is 0 Å². The molecule has 1 unspecified atom stereocenters. The Hall–Kier alpha value is -4.59. The van der Waals surface area contributed by atoms with Crippen LogP contribution in [0.5, 0.6) is 11.6 Å². The number of pyridine rings is 1. The topological polar surface area (TPSA) is 133 Å². The van der Waals surface area contributed by atoms with Gasteiger partial charge in [-0.2, -0.15) is 13.2 Å². The average molecular weight is 563 g/mol. The summed E-state index contributed by atoms with van der Waals surface area (Å²) in [6, 6.07) is 10.4. The van der Waals surface area contributed by atoms with Crippen molar-refractivity contribution in [3.63, 3.8) is 0 Å². The van der Waals surface area contributed by atoms with Gasteiger partial charge in [-0.05, 0) is 53.6 Å². The summed E-state index contributed by atoms with van der Waals surface area (Å²) in [4.78, 5) is 29.6. The Morgan fingerprint density at radius 2 is 1.72 bits per heavy atom. The zero-order chi connectivity index (χ0) is 28.5. The second-order valence-electron chi connectivity index (χ2n) is 8.16. The molecule has 1 amide bonds. The molecule has 14 heteroatoms. The second-order valence-corrected chi connectivity index (χ2v) is 10.1. The van der Waals surface area contributed by atoms with Crippen molar-refractivity contribution in [1.29, 1.82) is 0 Å². The fraction of sp³-hybridized carbons (Fsp3) is 0.160. The largest absolute Gasteiger partial charge is 0.501 e. The van der Waals surface area contributed by atoms with Gasteiger partial charge in [0.15, 0.2) is 0 Å². The molecule has 0 bridgehead atoms. The van der Waals surface area contributed by atoms with Crippen LogP contribution in [0.25, 0.3) is 16.8 Å². The number of nitrogens with one attached hydrogen (secondary N) is 1. The maximum Gasteiger partial charge on any atom is 0.501 e. The molecule has 0 aliphatic carbocycles. The fourth-order valence-electron chi connectivity index (χ4n) is 4.00. The van der Waals surface area contributed by atoms with Crippen LogP contribution in [0.2, 0.25) is 0 Å². The standard InChI is InChI=1S/C25H21F3N4O6S/c1-29-23(34)22(19-11-12-30-13-20(19)15-3-7-17(38-2)8-4-15)31-14-21(33)32(24(31)35)16-5-9-18(10-6-16)39(36,37)25(26,27)28/h3-14,22,33H,1-2H3,(H,29,34). The van der Waals surface area contributed by atoms with Gasteiger partial charge in [-0.3, -0.25) is 14.3 Å². The zero-order valence-electron chi connectivity index (χ0n) is 20.4. The molecule has 2 heterocycles. The third-order valence-corrected chi connectivity index (χ3v) is 7.43. The number of aromatic nitrogens is 3. The number of carbonyl (C=O) groups excluding carboxylic acids is 1. The van der Waals surface area contributed by atoms with E-state index in [1.165, 1.54) is 32.6 Å². The van der Waals surface area contributed by atoms with Crippen molar-refractivity contribution in [1.82, 2.24) is 19.4 Å². The van der Waals surface area contributed by atoms with Crippen LogP contribution >= 0.6 is 0 Å². The van der Waals surface area contributed by atoms with E-state index in [1.807, 2.05) is 0 Å². The molecule has 39 heavy (non-hydrogen) atoms. The molecule has 204 valence electrons.